The summed E-state index contributed by atoms with van der Waals surface area (Å²) in [6.45, 7) is 3.68. The fourth-order valence-corrected chi connectivity index (χ4v) is 2.22. The molecule has 0 aliphatic rings. The molecule has 0 aromatic heterocycles. The molecular formula is C17H13NO2. The molecule has 1 N–H and O–H groups in total. The maximum Gasteiger partial charge on any atom is 0.335 e. The van der Waals surface area contributed by atoms with Crippen LogP contribution in [0.4, 0.5) is 0 Å². The number of benzene rings is 2. The van der Waals surface area contributed by atoms with E-state index in [4.69, 9.17) is 0 Å². The summed E-state index contributed by atoms with van der Waals surface area (Å²) in [7, 11) is 0. The Balaban J connectivity index is 2.74. The van der Waals surface area contributed by atoms with Crippen LogP contribution in [0.2, 0.25) is 0 Å². The van der Waals surface area contributed by atoms with Gasteiger partial charge in [-0.1, -0.05) is 36.4 Å². The first-order valence-corrected chi connectivity index (χ1v) is 6.14. The average Bonchev–Trinajstić information content (AvgIpc) is 2.47. The van der Waals surface area contributed by atoms with E-state index in [2.05, 4.69) is 12.6 Å². The minimum absolute atomic E-state index is 0.246. The summed E-state index contributed by atoms with van der Waals surface area (Å²) in [6.07, 6.45) is 2.11. The van der Waals surface area contributed by atoms with Crippen LogP contribution >= 0.6 is 0 Å². The van der Waals surface area contributed by atoms with Crippen molar-refractivity contribution in [3.63, 3.8) is 0 Å². The molecule has 0 bridgehead atoms. The average molecular weight is 263 g/mol. The Morgan fingerprint density at radius 3 is 2.55 bits per heavy atom. The molecule has 2 aromatic carbocycles. The van der Waals surface area contributed by atoms with Gasteiger partial charge < -0.3 is 5.11 Å². The van der Waals surface area contributed by atoms with E-state index in [0.29, 0.717) is 17.5 Å². The van der Waals surface area contributed by atoms with Crippen molar-refractivity contribution < 1.29 is 9.90 Å². The van der Waals surface area contributed by atoms with Gasteiger partial charge in [0.25, 0.3) is 0 Å². The Kier molecular flexibility index (Phi) is 3.97. The van der Waals surface area contributed by atoms with Crippen molar-refractivity contribution in [1.82, 2.24) is 0 Å². The molecule has 0 radical (unpaired) electrons. The van der Waals surface area contributed by atoms with Crippen molar-refractivity contribution >= 4 is 5.97 Å². The smallest absolute Gasteiger partial charge is 0.335 e. The number of nitriles is 1. The van der Waals surface area contributed by atoms with Crippen molar-refractivity contribution in [1.29, 1.82) is 5.26 Å². The maximum absolute atomic E-state index is 11.3. The SMILES string of the molecule is C=CCc1c(C(=O)O)cccc1-c1ccccc1C#N. The fraction of sp³-hybridized carbons (Fsp3) is 0.0588. The van der Waals surface area contributed by atoms with E-state index in [1.54, 1.807) is 30.3 Å². The molecule has 0 heterocycles. The minimum atomic E-state index is -0.974. The quantitative estimate of drug-likeness (QED) is 0.856. The Hall–Kier alpha value is -2.86. The summed E-state index contributed by atoms with van der Waals surface area (Å²) in [5.41, 5.74) is 2.96. The van der Waals surface area contributed by atoms with Crippen LogP contribution in [-0.4, -0.2) is 11.1 Å². The number of aromatic carboxylic acids is 1. The van der Waals surface area contributed by atoms with Crippen molar-refractivity contribution in [2.24, 2.45) is 0 Å². The highest BCUT2D eigenvalue weighted by molar-refractivity contribution is 5.92. The lowest BCUT2D eigenvalue weighted by Crippen LogP contribution is -2.04. The van der Waals surface area contributed by atoms with Crippen LogP contribution in [0.5, 0.6) is 0 Å². The van der Waals surface area contributed by atoms with Gasteiger partial charge in [-0.3, -0.25) is 0 Å². The van der Waals surface area contributed by atoms with Gasteiger partial charge in [0.15, 0.2) is 0 Å². The van der Waals surface area contributed by atoms with Crippen LogP contribution in [-0.2, 0) is 6.42 Å². The van der Waals surface area contributed by atoms with Gasteiger partial charge in [0.1, 0.15) is 0 Å². The molecule has 0 saturated heterocycles. The highest BCUT2D eigenvalue weighted by atomic mass is 16.4. The van der Waals surface area contributed by atoms with Crippen molar-refractivity contribution in [2.45, 2.75) is 6.42 Å². The molecule has 2 rings (SSSR count). The third kappa shape index (κ3) is 2.45. The zero-order valence-electron chi connectivity index (χ0n) is 10.8. The highest BCUT2D eigenvalue weighted by Gasteiger charge is 2.15. The van der Waals surface area contributed by atoms with E-state index >= 15 is 0 Å². The molecule has 3 nitrogen and oxygen atoms in total. The predicted molar refractivity (Wildman–Crippen MR) is 77.5 cm³/mol. The summed E-state index contributed by atoms with van der Waals surface area (Å²) in [5.74, 6) is -0.974. The zero-order chi connectivity index (χ0) is 14.5. The topological polar surface area (TPSA) is 61.1 Å². The molecule has 98 valence electrons. The van der Waals surface area contributed by atoms with Crippen LogP contribution in [0.1, 0.15) is 21.5 Å². The molecule has 3 heteroatoms. The van der Waals surface area contributed by atoms with Gasteiger partial charge in [0.2, 0.25) is 0 Å². The number of rotatable bonds is 4. The van der Waals surface area contributed by atoms with Crippen molar-refractivity contribution in [3.05, 3.63) is 71.8 Å². The normalized spacial score (nSPS) is 9.75. The number of carbonyl (C=O) groups is 1. The highest BCUT2D eigenvalue weighted by Crippen LogP contribution is 2.29. The molecule has 2 aromatic rings. The first kappa shape index (κ1) is 13.6. The lowest BCUT2D eigenvalue weighted by atomic mass is 9.91. The van der Waals surface area contributed by atoms with E-state index in [1.165, 1.54) is 0 Å². The molecule has 0 atom stereocenters. The van der Waals surface area contributed by atoms with Gasteiger partial charge >= 0.3 is 5.97 Å². The predicted octanol–water partition coefficient (Wildman–Crippen LogP) is 3.65. The molecule has 20 heavy (non-hydrogen) atoms. The Labute approximate surface area is 117 Å². The second-order valence-corrected chi connectivity index (χ2v) is 4.29. The van der Waals surface area contributed by atoms with Crippen LogP contribution in [0.15, 0.2) is 55.1 Å². The minimum Gasteiger partial charge on any atom is -0.478 e. The van der Waals surface area contributed by atoms with Crippen molar-refractivity contribution in [2.75, 3.05) is 0 Å². The summed E-state index contributed by atoms with van der Waals surface area (Å²) in [6, 6.07) is 14.4. The molecular weight excluding hydrogens is 250 g/mol. The third-order valence-corrected chi connectivity index (χ3v) is 3.09. The van der Waals surface area contributed by atoms with Gasteiger partial charge in [0, 0.05) is 0 Å². The van der Waals surface area contributed by atoms with E-state index in [0.717, 1.165) is 11.1 Å². The first-order valence-electron chi connectivity index (χ1n) is 6.14. The largest absolute Gasteiger partial charge is 0.478 e. The molecule has 0 unspecified atom stereocenters. The van der Waals surface area contributed by atoms with Crippen LogP contribution in [0.25, 0.3) is 11.1 Å². The van der Waals surface area contributed by atoms with Crippen LogP contribution in [0, 0.1) is 11.3 Å². The van der Waals surface area contributed by atoms with Crippen molar-refractivity contribution in [3.8, 4) is 17.2 Å². The van der Waals surface area contributed by atoms with Gasteiger partial charge in [0.05, 0.1) is 17.2 Å². The van der Waals surface area contributed by atoms with Gasteiger partial charge in [-0.2, -0.15) is 5.26 Å². The molecule has 0 aliphatic carbocycles. The number of carboxylic acids is 1. The zero-order valence-corrected chi connectivity index (χ0v) is 10.8. The molecule has 0 spiro atoms. The van der Waals surface area contributed by atoms with Gasteiger partial charge in [-0.05, 0) is 35.2 Å². The van der Waals surface area contributed by atoms with Crippen LogP contribution < -0.4 is 0 Å². The first-order chi connectivity index (χ1) is 9.69. The van der Waals surface area contributed by atoms with E-state index in [-0.39, 0.29) is 5.56 Å². The van der Waals surface area contributed by atoms with E-state index < -0.39 is 5.97 Å². The molecule has 0 saturated carbocycles. The van der Waals surface area contributed by atoms with Gasteiger partial charge in [-0.15, -0.1) is 6.58 Å². The Morgan fingerprint density at radius 2 is 1.90 bits per heavy atom. The molecule has 0 fully saturated rings. The number of nitrogens with zero attached hydrogens (tertiary/aromatic N) is 1. The number of hydrogen-bond donors (Lipinski definition) is 1. The summed E-state index contributed by atoms with van der Waals surface area (Å²) >= 11 is 0. The summed E-state index contributed by atoms with van der Waals surface area (Å²) in [5, 5.41) is 18.5. The monoisotopic (exact) mass is 263 g/mol. The lowest BCUT2D eigenvalue weighted by molar-refractivity contribution is 0.0696. The molecule has 0 amide bonds. The standard InChI is InChI=1S/C17H13NO2/c1-2-6-14-15(9-5-10-16(14)17(19)20)13-8-4-3-7-12(13)11-18/h2-5,7-10H,1,6H2,(H,19,20). The fourth-order valence-electron chi connectivity index (χ4n) is 2.22. The number of carboxylic acid groups (broad SMARTS) is 1. The number of hydrogen-bond acceptors (Lipinski definition) is 2. The van der Waals surface area contributed by atoms with E-state index in [1.807, 2.05) is 18.2 Å². The Morgan fingerprint density at radius 1 is 1.20 bits per heavy atom. The summed E-state index contributed by atoms with van der Waals surface area (Å²) in [4.78, 5) is 11.3. The summed E-state index contributed by atoms with van der Waals surface area (Å²) < 4.78 is 0. The van der Waals surface area contributed by atoms with E-state index in [9.17, 15) is 15.2 Å². The van der Waals surface area contributed by atoms with Gasteiger partial charge in [-0.25, -0.2) is 4.79 Å². The third-order valence-electron chi connectivity index (χ3n) is 3.09. The van der Waals surface area contributed by atoms with Crippen LogP contribution in [0.3, 0.4) is 0 Å². The lowest BCUT2D eigenvalue weighted by Gasteiger charge is -2.12. The Bertz CT molecular complexity index is 711. The molecule has 0 aliphatic heterocycles. The maximum atomic E-state index is 11.3. The second-order valence-electron chi connectivity index (χ2n) is 4.29. The number of allylic oxidation sites excluding steroid dienone is 1. The second kappa shape index (κ2) is 5.85.